The fraction of sp³-hybridized carbons (Fsp3) is 0.174. The van der Waals surface area contributed by atoms with Gasteiger partial charge in [-0.15, -0.1) is 5.10 Å². The van der Waals surface area contributed by atoms with E-state index in [1.165, 1.54) is 0 Å². The minimum Gasteiger partial charge on any atom is -0.446 e. The maximum absolute atomic E-state index is 12.8. The van der Waals surface area contributed by atoms with Crippen LogP contribution in [0.15, 0.2) is 71.3 Å². The lowest BCUT2D eigenvalue weighted by Crippen LogP contribution is -2.32. The summed E-state index contributed by atoms with van der Waals surface area (Å²) >= 11 is 0. The molecule has 2 aromatic carbocycles. The summed E-state index contributed by atoms with van der Waals surface area (Å²) in [5.74, 6) is -0.167. The van der Waals surface area contributed by atoms with E-state index in [1.807, 2.05) is 60.7 Å². The molecule has 1 atom stereocenters. The number of anilines is 1. The molecule has 1 N–H and O–H groups in total. The predicted molar refractivity (Wildman–Crippen MR) is 116 cm³/mol. The number of carbonyl (C=O) groups is 2. The van der Waals surface area contributed by atoms with Gasteiger partial charge in [0.05, 0.1) is 5.69 Å². The highest BCUT2D eigenvalue weighted by Crippen LogP contribution is 2.21. The molecular formula is C23H21N5O4. The van der Waals surface area contributed by atoms with Crippen LogP contribution >= 0.6 is 0 Å². The van der Waals surface area contributed by atoms with Gasteiger partial charge in [-0.1, -0.05) is 60.6 Å². The molecule has 2 aromatic heterocycles. The maximum atomic E-state index is 12.8. The number of aromatic nitrogens is 4. The third kappa shape index (κ3) is 4.56. The van der Waals surface area contributed by atoms with Crippen molar-refractivity contribution >= 4 is 17.7 Å². The molecule has 9 nitrogen and oxygen atoms in total. The number of nitrogens with one attached hydrogen (secondary N) is 1. The fourth-order valence-corrected chi connectivity index (χ4v) is 3.06. The SMILES string of the molecule is CCC(OC(=O)c1nc(-c2ccccc2)n(-c2ccccc2)n1)C(=O)Nc1cc(C)on1. The zero-order chi connectivity index (χ0) is 22.5. The number of aryl methyl sites for hydroxylation is 1. The monoisotopic (exact) mass is 431 g/mol. The number of ether oxygens (including phenoxy) is 1. The second kappa shape index (κ2) is 9.25. The van der Waals surface area contributed by atoms with Crippen molar-refractivity contribution in [3.63, 3.8) is 0 Å². The van der Waals surface area contributed by atoms with Gasteiger partial charge in [0, 0.05) is 11.6 Å². The van der Waals surface area contributed by atoms with E-state index in [0.717, 1.165) is 11.3 Å². The van der Waals surface area contributed by atoms with Crippen LogP contribution in [0.3, 0.4) is 0 Å². The number of hydrogen-bond donors (Lipinski definition) is 1. The number of hydrogen-bond acceptors (Lipinski definition) is 7. The first-order valence-electron chi connectivity index (χ1n) is 10.1. The molecule has 0 aliphatic heterocycles. The molecule has 0 saturated heterocycles. The number of para-hydroxylation sites is 1. The molecule has 32 heavy (non-hydrogen) atoms. The lowest BCUT2D eigenvalue weighted by atomic mass is 10.2. The van der Waals surface area contributed by atoms with E-state index in [9.17, 15) is 9.59 Å². The molecule has 0 fully saturated rings. The van der Waals surface area contributed by atoms with Crippen LogP contribution in [0.4, 0.5) is 5.82 Å². The highest BCUT2D eigenvalue weighted by molar-refractivity contribution is 5.96. The Hall–Kier alpha value is -4.27. The van der Waals surface area contributed by atoms with E-state index < -0.39 is 18.0 Å². The summed E-state index contributed by atoms with van der Waals surface area (Å²) in [7, 11) is 0. The van der Waals surface area contributed by atoms with Gasteiger partial charge in [-0.2, -0.15) is 0 Å². The minimum absolute atomic E-state index is 0.142. The Morgan fingerprint density at radius 1 is 1.09 bits per heavy atom. The van der Waals surface area contributed by atoms with Crippen LogP contribution in [0.2, 0.25) is 0 Å². The van der Waals surface area contributed by atoms with Gasteiger partial charge >= 0.3 is 5.97 Å². The third-order valence-electron chi connectivity index (χ3n) is 4.61. The first-order chi connectivity index (χ1) is 15.5. The Balaban J connectivity index is 1.59. The van der Waals surface area contributed by atoms with E-state index in [0.29, 0.717) is 11.6 Å². The topological polar surface area (TPSA) is 112 Å². The Morgan fingerprint density at radius 2 is 1.78 bits per heavy atom. The largest absolute Gasteiger partial charge is 0.446 e. The van der Waals surface area contributed by atoms with Crippen LogP contribution in [-0.4, -0.2) is 37.9 Å². The van der Waals surface area contributed by atoms with Crippen LogP contribution in [0.1, 0.15) is 29.7 Å². The number of benzene rings is 2. The van der Waals surface area contributed by atoms with Crippen molar-refractivity contribution in [2.45, 2.75) is 26.4 Å². The lowest BCUT2D eigenvalue weighted by Gasteiger charge is -2.13. The Labute approximate surface area is 184 Å². The predicted octanol–water partition coefficient (Wildman–Crippen LogP) is 3.80. The number of amides is 1. The fourth-order valence-electron chi connectivity index (χ4n) is 3.06. The normalized spacial score (nSPS) is 11.7. The van der Waals surface area contributed by atoms with Gasteiger partial charge < -0.3 is 14.6 Å². The van der Waals surface area contributed by atoms with E-state index in [1.54, 1.807) is 24.6 Å². The summed E-state index contributed by atoms with van der Waals surface area (Å²) in [5.41, 5.74) is 1.53. The van der Waals surface area contributed by atoms with E-state index >= 15 is 0 Å². The van der Waals surface area contributed by atoms with Crippen LogP contribution in [-0.2, 0) is 9.53 Å². The first kappa shape index (κ1) is 21.0. The van der Waals surface area contributed by atoms with Gasteiger partial charge in [-0.25, -0.2) is 14.5 Å². The first-order valence-corrected chi connectivity index (χ1v) is 10.1. The van der Waals surface area contributed by atoms with Gasteiger partial charge in [0.25, 0.3) is 11.7 Å². The van der Waals surface area contributed by atoms with Gasteiger partial charge in [0.1, 0.15) is 5.76 Å². The smallest absolute Gasteiger partial charge is 0.379 e. The second-order valence-corrected chi connectivity index (χ2v) is 6.99. The summed E-state index contributed by atoms with van der Waals surface area (Å²) in [5, 5.41) is 10.7. The molecule has 1 amide bonds. The van der Waals surface area contributed by atoms with Crippen molar-refractivity contribution in [3.8, 4) is 17.1 Å². The average Bonchev–Trinajstić information content (AvgIpc) is 3.45. The molecule has 0 aliphatic carbocycles. The molecule has 0 radical (unpaired) electrons. The van der Waals surface area contributed by atoms with Gasteiger partial charge in [-0.3, -0.25) is 4.79 Å². The van der Waals surface area contributed by atoms with Crippen molar-refractivity contribution < 1.29 is 18.8 Å². The summed E-state index contributed by atoms with van der Waals surface area (Å²) < 4.78 is 11.9. The average molecular weight is 431 g/mol. The van der Waals surface area contributed by atoms with Gasteiger partial charge in [-0.05, 0) is 25.5 Å². The van der Waals surface area contributed by atoms with E-state index in [-0.39, 0.29) is 18.1 Å². The number of carbonyl (C=O) groups excluding carboxylic acids is 2. The number of esters is 1. The Bertz CT molecular complexity index is 1160. The summed E-state index contributed by atoms with van der Waals surface area (Å²) in [6.45, 7) is 3.44. The summed E-state index contributed by atoms with van der Waals surface area (Å²) in [6.07, 6.45) is -0.775. The molecule has 1 unspecified atom stereocenters. The maximum Gasteiger partial charge on any atom is 0.379 e. The van der Waals surface area contributed by atoms with Crippen molar-refractivity contribution in [2.24, 2.45) is 0 Å². The van der Waals surface area contributed by atoms with Crippen LogP contribution in [0.25, 0.3) is 17.1 Å². The van der Waals surface area contributed by atoms with E-state index in [2.05, 4.69) is 20.6 Å². The van der Waals surface area contributed by atoms with Crippen LogP contribution in [0, 0.1) is 6.92 Å². The molecule has 0 spiro atoms. The van der Waals surface area contributed by atoms with Crippen molar-refractivity contribution in [3.05, 3.63) is 78.3 Å². The zero-order valence-corrected chi connectivity index (χ0v) is 17.6. The van der Waals surface area contributed by atoms with Crippen LogP contribution < -0.4 is 5.32 Å². The third-order valence-corrected chi connectivity index (χ3v) is 4.61. The van der Waals surface area contributed by atoms with E-state index in [4.69, 9.17) is 9.26 Å². The summed E-state index contributed by atoms with van der Waals surface area (Å²) in [6, 6.07) is 20.3. The van der Waals surface area contributed by atoms with Gasteiger partial charge in [0.15, 0.2) is 17.7 Å². The molecule has 162 valence electrons. The van der Waals surface area contributed by atoms with Crippen LogP contribution in [0.5, 0.6) is 0 Å². The molecule has 2 heterocycles. The van der Waals surface area contributed by atoms with Crippen molar-refractivity contribution in [1.29, 1.82) is 0 Å². The van der Waals surface area contributed by atoms with Gasteiger partial charge in [0.2, 0.25) is 0 Å². The molecule has 0 aliphatic rings. The second-order valence-electron chi connectivity index (χ2n) is 6.99. The molecule has 9 heteroatoms. The standard InChI is InChI=1S/C23H21N5O4/c1-3-18(22(29)24-19-14-15(2)32-27-19)31-23(30)20-25-21(16-10-6-4-7-11-16)28(26-20)17-12-8-5-9-13-17/h4-14,18H,3H2,1-2H3,(H,24,27,29). The minimum atomic E-state index is -1.04. The lowest BCUT2D eigenvalue weighted by molar-refractivity contribution is -0.124. The molecule has 0 bridgehead atoms. The highest BCUT2D eigenvalue weighted by Gasteiger charge is 2.26. The Kier molecular flexibility index (Phi) is 6.07. The highest BCUT2D eigenvalue weighted by atomic mass is 16.5. The molecule has 4 aromatic rings. The molecule has 0 saturated carbocycles. The quantitative estimate of drug-likeness (QED) is 0.443. The number of rotatable bonds is 7. The molecular weight excluding hydrogens is 410 g/mol. The summed E-state index contributed by atoms with van der Waals surface area (Å²) in [4.78, 5) is 29.8. The Morgan fingerprint density at radius 3 is 2.41 bits per heavy atom. The van der Waals surface area contributed by atoms with Crippen molar-refractivity contribution in [1.82, 2.24) is 19.9 Å². The zero-order valence-electron chi connectivity index (χ0n) is 17.6. The molecule has 4 rings (SSSR count). The number of nitrogens with zero attached hydrogens (tertiary/aromatic N) is 4. The van der Waals surface area contributed by atoms with Crippen molar-refractivity contribution in [2.75, 3.05) is 5.32 Å².